The molecule has 0 amide bonds. The average Bonchev–Trinajstić information content (AvgIpc) is 2.79. The molecule has 0 saturated heterocycles. The zero-order valence-corrected chi connectivity index (χ0v) is 12.5. The van der Waals surface area contributed by atoms with Crippen LogP contribution in [0.5, 0.6) is 0 Å². The summed E-state index contributed by atoms with van der Waals surface area (Å²) < 4.78 is 3.01. The molecular formula is C13H24N4S. The van der Waals surface area contributed by atoms with Crippen molar-refractivity contribution in [1.82, 2.24) is 14.8 Å². The quantitative estimate of drug-likeness (QED) is 0.846. The highest BCUT2D eigenvalue weighted by atomic mass is 32.1. The Hall–Kier alpha value is -0.840. The van der Waals surface area contributed by atoms with Gasteiger partial charge in [0.05, 0.1) is 0 Å². The maximum Gasteiger partial charge on any atom is 0.225 e. The maximum absolute atomic E-state index is 5.41. The van der Waals surface area contributed by atoms with E-state index in [0.717, 1.165) is 17.1 Å². The third-order valence-corrected chi connectivity index (χ3v) is 4.48. The number of rotatable bonds is 4. The van der Waals surface area contributed by atoms with Crippen molar-refractivity contribution in [2.75, 3.05) is 11.9 Å². The molecule has 0 aromatic carbocycles. The van der Waals surface area contributed by atoms with Gasteiger partial charge in [-0.1, -0.05) is 26.2 Å². The Morgan fingerprint density at radius 2 is 2.11 bits per heavy atom. The van der Waals surface area contributed by atoms with Gasteiger partial charge in [-0.3, -0.25) is 4.57 Å². The molecule has 18 heavy (non-hydrogen) atoms. The van der Waals surface area contributed by atoms with E-state index in [1.165, 1.54) is 32.1 Å². The Balaban J connectivity index is 2.28. The van der Waals surface area contributed by atoms with Crippen LogP contribution in [0.4, 0.5) is 5.95 Å². The molecule has 0 aliphatic heterocycles. The van der Waals surface area contributed by atoms with Gasteiger partial charge < -0.3 is 4.90 Å². The topological polar surface area (TPSA) is 36.9 Å². The summed E-state index contributed by atoms with van der Waals surface area (Å²) in [6, 6.07) is 1.02. The standard InChI is InChI=1S/C13H24N4S/c1-4-10(2)16(3)12-14-15-13(18)17(12)11-8-6-5-7-9-11/h10-11H,4-9H2,1-3H3,(H,15,18). The van der Waals surface area contributed by atoms with Crippen LogP contribution < -0.4 is 4.90 Å². The van der Waals surface area contributed by atoms with Crippen LogP contribution in [0.1, 0.15) is 58.4 Å². The molecule has 1 fully saturated rings. The van der Waals surface area contributed by atoms with Gasteiger partial charge in [0, 0.05) is 19.1 Å². The van der Waals surface area contributed by atoms with Gasteiger partial charge in [-0.25, -0.2) is 5.10 Å². The highest BCUT2D eigenvalue weighted by Gasteiger charge is 2.22. The van der Waals surface area contributed by atoms with Crippen molar-refractivity contribution < 1.29 is 0 Å². The summed E-state index contributed by atoms with van der Waals surface area (Å²) in [7, 11) is 2.11. The molecule has 1 aromatic heterocycles. The zero-order chi connectivity index (χ0) is 13.1. The first kappa shape index (κ1) is 13.6. The van der Waals surface area contributed by atoms with Crippen LogP contribution in [0.25, 0.3) is 0 Å². The van der Waals surface area contributed by atoms with Gasteiger partial charge in [-0.2, -0.15) is 0 Å². The van der Waals surface area contributed by atoms with Crippen molar-refractivity contribution in [2.24, 2.45) is 0 Å². The number of nitrogens with zero attached hydrogens (tertiary/aromatic N) is 3. The summed E-state index contributed by atoms with van der Waals surface area (Å²) in [5, 5.41) is 7.40. The molecule has 0 spiro atoms. The van der Waals surface area contributed by atoms with Crippen molar-refractivity contribution in [2.45, 2.75) is 64.5 Å². The fraction of sp³-hybridized carbons (Fsp3) is 0.846. The minimum absolute atomic E-state index is 0.484. The highest BCUT2D eigenvalue weighted by molar-refractivity contribution is 7.71. The van der Waals surface area contributed by atoms with Crippen LogP contribution in [0.3, 0.4) is 0 Å². The summed E-state index contributed by atoms with van der Waals surface area (Å²) in [5.41, 5.74) is 0. The number of anilines is 1. The average molecular weight is 268 g/mol. The molecule has 1 saturated carbocycles. The number of H-pyrrole nitrogens is 1. The van der Waals surface area contributed by atoms with Crippen molar-refractivity contribution in [1.29, 1.82) is 0 Å². The fourth-order valence-corrected chi connectivity index (χ4v) is 2.96. The van der Waals surface area contributed by atoms with Crippen LogP contribution in [-0.2, 0) is 0 Å². The van der Waals surface area contributed by atoms with Gasteiger partial charge in [0.25, 0.3) is 0 Å². The number of nitrogens with one attached hydrogen (secondary N) is 1. The molecule has 1 N–H and O–H groups in total. The Labute approximate surface area is 114 Å². The van der Waals surface area contributed by atoms with Crippen LogP contribution in [0.2, 0.25) is 0 Å². The molecule has 5 heteroatoms. The molecule has 2 rings (SSSR count). The summed E-state index contributed by atoms with van der Waals surface area (Å²) in [6.07, 6.45) is 7.55. The molecule has 1 atom stereocenters. The largest absolute Gasteiger partial charge is 0.341 e. The fourth-order valence-electron chi connectivity index (χ4n) is 2.68. The van der Waals surface area contributed by atoms with Crippen molar-refractivity contribution >= 4 is 18.2 Å². The van der Waals surface area contributed by atoms with E-state index >= 15 is 0 Å². The van der Waals surface area contributed by atoms with Crippen LogP contribution >= 0.6 is 12.2 Å². The highest BCUT2D eigenvalue weighted by Crippen LogP contribution is 2.31. The van der Waals surface area contributed by atoms with Crippen molar-refractivity contribution in [3.8, 4) is 0 Å². The van der Waals surface area contributed by atoms with E-state index in [4.69, 9.17) is 12.2 Å². The van der Waals surface area contributed by atoms with E-state index in [-0.39, 0.29) is 0 Å². The van der Waals surface area contributed by atoms with Gasteiger partial charge in [0.15, 0.2) is 4.77 Å². The first-order valence-corrected chi connectivity index (χ1v) is 7.45. The second kappa shape index (κ2) is 5.87. The zero-order valence-electron chi connectivity index (χ0n) is 11.6. The SMILES string of the molecule is CCC(C)N(C)c1n[nH]c(=S)n1C1CCCCC1. The van der Waals surface area contributed by atoms with Gasteiger partial charge in [-0.15, -0.1) is 5.10 Å². The lowest BCUT2D eigenvalue weighted by molar-refractivity contribution is 0.349. The van der Waals surface area contributed by atoms with E-state index in [1.54, 1.807) is 0 Å². The summed E-state index contributed by atoms with van der Waals surface area (Å²) in [4.78, 5) is 2.24. The minimum atomic E-state index is 0.484. The molecule has 0 radical (unpaired) electrons. The first-order chi connectivity index (χ1) is 8.65. The van der Waals surface area contributed by atoms with E-state index in [2.05, 4.69) is 40.6 Å². The minimum Gasteiger partial charge on any atom is -0.341 e. The molecule has 4 nitrogen and oxygen atoms in total. The lowest BCUT2D eigenvalue weighted by Crippen LogP contribution is -2.31. The number of aromatic nitrogens is 3. The normalized spacial score (nSPS) is 18.8. The molecule has 1 aliphatic rings. The molecule has 0 bridgehead atoms. The Kier molecular flexibility index (Phi) is 4.43. The summed E-state index contributed by atoms with van der Waals surface area (Å²) in [5.74, 6) is 1.00. The Bertz CT molecular complexity index is 430. The predicted molar refractivity (Wildman–Crippen MR) is 77.7 cm³/mol. The summed E-state index contributed by atoms with van der Waals surface area (Å²) in [6.45, 7) is 4.43. The summed E-state index contributed by atoms with van der Waals surface area (Å²) >= 11 is 5.41. The lowest BCUT2D eigenvalue weighted by atomic mass is 9.95. The van der Waals surface area contributed by atoms with E-state index in [9.17, 15) is 0 Å². The van der Waals surface area contributed by atoms with Crippen LogP contribution in [0, 0.1) is 4.77 Å². The van der Waals surface area contributed by atoms with Gasteiger partial charge in [0.2, 0.25) is 5.95 Å². The van der Waals surface area contributed by atoms with Crippen LogP contribution in [-0.4, -0.2) is 27.9 Å². The molecule has 102 valence electrons. The number of hydrogen-bond donors (Lipinski definition) is 1. The molecular weight excluding hydrogens is 244 g/mol. The van der Waals surface area contributed by atoms with Gasteiger partial charge >= 0.3 is 0 Å². The smallest absolute Gasteiger partial charge is 0.225 e. The number of hydrogen-bond acceptors (Lipinski definition) is 3. The third-order valence-electron chi connectivity index (χ3n) is 4.19. The second-order valence-electron chi connectivity index (χ2n) is 5.36. The Morgan fingerprint density at radius 3 is 2.72 bits per heavy atom. The van der Waals surface area contributed by atoms with Gasteiger partial charge in [-0.05, 0) is 38.4 Å². The number of aromatic amines is 1. The lowest BCUT2D eigenvalue weighted by Gasteiger charge is -2.29. The van der Waals surface area contributed by atoms with Crippen molar-refractivity contribution in [3.05, 3.63) is 4.77 Å². The Morgan fingerprint density at radius 1 is 1.44 bits per heavy atom. The monoisotopic (exact) mass is 268 g/mol. The molecule has 1 aliphatic carbocycles. The first-order valence-electron chi connectivity index (χ1n) is 7.04. The van der Waals surface area contributed by atoms with Crippen LogP contribution in [0.15, 0.2) is 0 Å². The van der Waals surface area contributed by atoms with Gasteiger partial charge in [0.1, 0.15) is 0 Å². The van der Waals surface area contributed by atoms with E-state index in [1.807, 2.05) is 0 Å². The predicted octanol–water partition coefficient (Wildman–Crippen LogP) is 3.68. The van der Waals surface area contributed by atoms with E-state index < -0.39 is 0 Å². The molecule has 1 aromatic rings. The second-order valence-corrected chi connectivity index (χ2v) is 5.75. The van der Waals surface area contributed by atoms with Crippen molar-refractivity contribution in [3.63, 3.8) is 0 Å². The molecule has 1 heterocycles. The van der Waals surface area contributed by atoms with E-state index in [0.29, 0.717) is 12.1 Å². The third kappa shape index (κ3) is 2.60. The molecule has 1 unspecified atom stereocenters. The maximum atomic E-state index is 5.41.